The fraction of sp³-hybridized carbons (Fsp3) is 0.211. The first kappa shape index (κ1) is 14.4. The van der Waals surface area contributed by atoms with Gasteiger partial charge in [0.2, 0.25) is 0 Å². The number of rotatable bonds is 6. The number of ether oxygens (including phenoxy) is 2. The topological polar surface area (TPSA) is 35.5 Å². The Morgan fingerprint density at radius 3 is 2.36 bits per heavy atom. The summed E-state index contributed by atoms with van der Waals surface area (Å²) in [6.45, 7) is 0.331. The first-order valence-electron chi connectivity index (χ1n) is 7.47. The summed E-state index contributed by atoms with van der Waals surface area (Å²) in [5.41, 5.74) is 1.04. The van der Waals surface area contributed by atoms with Gasteiger partial charge >= 0.3 is 5.97 Å². The lowest BCUT2D eigenvalue weighted by atomic mass is 10.2. The lowest BCUT2D eigenvalue weighted by molar-refractivity contribution is -0.143. The second-order valence-corrected chi connectivity index (χ2v) is 5.29. The summed E-state index contributed by atoms with van der Waals surface area (Å²) in [5.74, 6) is 1.69. The second-order valence-electron chi connectivity index (χ2n) is 5.29. The summed E-state index contributed by atoms with van der Waals surface area (Å²) in [5, 5.41) is 0. The maximum absolute atomic E-state index is 11.4. The zero-order chi connectivity index (χ0) is 15.2. The zero-order valence-electron chi connectivity index (χ0n) is 12.3. The van der Waals surface area contributed by atoms with Crippen LogP contribution in [-0.4, -0.2) is 12.6 Å². The van der Waals surface area contributed by atoms with Gasteiger partial charge in [0.1, 0.15) is 18.1 Å². The molecule has 0 radical (unpaired) electrons. The van der Waals surface area contributed by atoms with Crippen molar-refractivity contribution in [3.63, 3.8) is 0 Å². The van der Waals surface area contributed by atoms with Crippen LogP contribution in [0.15, 0.2) is 60.7 Å². The molecule has 1 aliphatic rings. The van der Waals surface area contributed by atoms with Gasteiger partial charge < -0.3 is 9.47 Å². The molecule has 1 saturated carbocycles. The Labute approximate surface area is 130 Å². The molecule has 2 aromatic rings. The molecule has 1 aliphatic carbocycles. The average molecular weight is 294 g/mol. The molecule has 3 rings (SSSR count). The van der Waals surface area contributed by atoms with E-state index in [0.717, 1.165) is 29.9 Å². The summed E-state index contributed by atoms with van der Waals surface area (Å²) in [4.78, 5) is 11.4. The largest absolute Gasteiger partial charge is 0.461 e. The molecule has 112 valence electrons. The molecular weight excluding hydrogens is 276 g/mol. The first-order valence-corrected chi connectivity index (χ1v) is 7.47. The molecular formula is C19H18O3. The Balaban J connectivity index is 1.49. The molecule has 0 amide bonds. The Kier molecular flexibility index (Phi) is 4.54. The van der Waals surface area contributed by atoms with Crippen LogP contribution in [-0.2, 0) is 9.53 Å². The van der Waals surface area contributed by atoms with Crippen molar-refractivity contribution >= 4 is 12.0 Å². The van der Waals surface area contributed by atoms with Crippen molar-refractivity contribution in [2.24, 2.45) is 5.92 Å². The number of esters is 1. The molecule has 0 atom stereocenters. The average Bonchev–Trinajstić information content (AvgIpc) is 3.39. The van der Waals surface area contributed by atoms with Crippen LogP contribution in [0.2, 0.25) is 0 Å². The van der Waals surface area contributed by atoms with Gasteiger partial charge in [0.25, 0.3) is 0 Å². The van der Waals surface area contributed by atoms with Crippen molar-refractivity contribution in [1.29, 1.82) is 0 Å². The van der Waals surface area contributed by atoms with Gasteiger partial charge in [0.15, 0.2) is 0 Å². The van der Waals surface area contributed by atoms with E-state index in [0.29, 0.717) is 6.61 Å². The molecule has 2 aromatic carbocycles. The van der Waals surface area contributed by atoms with Gasteiger partial charge in [-0.25, -0.2) is 0 Å². The molecule has 3 nitrogen and oxygen atoms in total. The summed E-state index contributed by atoms with van der Waals surface area (Å²) in [6.07, 6.45) is 5.75. The van der Waals surface area contributed by atoms with Crippen LogP contribution < -0.4 is 4.74 Å². The van der Waals surface area contributed by atoms with Crippen molar-refractivity contribution in [3.8, 4) is 11.5 Å². The molecule has 1 fully saturated rings. The van der Waals surface area contributed by atoms with Crippen LogP contribution in [0.4, 0.5) is 0 Å². The maximum Gasteiger partial charge on any atom is 0.309 e. The van der Waals surface area contributed by atoms with Gasteiger partial charge in [0, 0.05) is 0 Å². The van der Waals surface area contributed by atoms with Crippen molar-refractivity contribution in [1.82, 2.24) is 0 Å². The van der Waals surface area contributed by atoms with Crippen molar-refractivity contribution in [2.45, 2.75) is 12.8 Å². The van der Waals surface area contributed by atoms with Gasteiger partial charge in [0.05, 0.1) is 5.92 Å². The monoisotopic (exact) mass is 294 g/mol. The van der Waals surface area contributed by atoms with E-state index in [1.165, 1.54) is 0 Å². The Morgan fingerprint density at radius 1 is 1.00 bits per heavy atom. The van der Waals surface area contributed by atoms with E-state index < -0.39 is 0 Å². The quantitative estimate of drug-likeness (QED) is 0.739. The number of benzene rings is 2. The molecule has 0 bridgehead atoms. The fourth-order valence-electron chi connectivity index (χ4n) is 2.02. The van der Waals surface area contributed by atoms with Gasteiger partial charge in [-0.05, 0) is 48.7 Å². The maximum atomic E-state index is 11.4. The molecule has 0 aliphatic heterocycles. The smallest absolute Gasteiger partial charge is 0.309 e. The predicted molar refractivity (Wildman–Crippen MR) is 85.7 cm³/mol. The van der Waals surface area contributed by atoms with Gasteiger partial charge in [-0.3, -0.25) is 4.79 Å². The van der Waals surface area contributed by atoms with Crippen LogP contribution >= 0.6 is 0 Å². The highest BCUT2D eigenvalue weighted by Gasteiger charge is 2.30. The number of hydrogen-bond acceptors (Lipinski definition) is 3. The van der Waals surface area contributed by atoms with Gasteiger partial charge in [-0.1, -0.05) is 36.4 Å². The summed E-state index contributed by atoms with van der Waals surface area (Å²) >= 11 is 0. The normalized spacial score (nSPS) is 14.0. The minimum absolute atomic E-state index is 0.0729. The SMILES string of the molecule is O=C(OC/C=C/c1ccc(Oc2ccccc2)cc1)C1CC1. The Hall–Kier alpha value is -2.55. The molecule has 0 saturated heterocycles. The molecule has 0 aromatic heterocycles. The van der Waals surface area contributed by atoms with E-state index in [9.17, 15) is 4.79 Å². The third-order valence-corrected chi connectivity index (χ3v) is 3.40. The van der Waals surface area contributed by atoms with Crippen LogP contribution in [0.25, 0.3) is 6.08 Å². The number of carbonyl (C=O) groups excluding carboxylic acids is 1. The van der Waals surface area contributed by atoms with E-state index >= 15 is 0 Å². The number of carbonyl (C=O) groups is 1. The first-order chi connectivity index (χ1) is 10.8. The molecule has 0 heterocycles. The Bertz CT molecular complexity index is 640. The third kappa shape index (κ3) is 4.22. The second kappa shape index (κ2) is 6.94. The van der Waals surface area contributed by atoms with E-state index in [1.807, 2.05) is 66.7 Å². The van der Waals surface area contributed by atoms with Crippen molar-refractivity contribution in [3.05, 3.63) is 66.2 Å². The standard InChI is InChI=1S/C19H18O3/c20-19(16-10-11-16)21-14-4-5-15-8-12-18(13-9-15)22-17-6-2-1-3-7-17/h1-9,12-13,16H,10-11,14H2/b5-4+. The minimum atomic E-state index is -0.0729. The van der Waals surface area contributed by atoms with Crippen molar-refractivity contribution in [2.75, 3.05) is 6.61 Å². The van der Waals surface area contributed by atoms with Crippen molar-refractivity contribution < 1.29 is 14.3 Å². The lowest BCUT2D eigenvalue weighted by Gasteiger charge is -2.05. The highest BCUT2D eigenvalue weighted by Crippen LogP contribution is 2.30. The van der Waals surface area contributed by atoms with Crippen LogP contribution in [0.1, 0.15) is 18.4 Å². The van der Waals surface area contributed by atoms with E-state index in [2.05, 4.69) is 0 Å². The van der Waals surface area contributed by atoms with Crippen LogP contribution in [0, 0.1) is 5.92 Å². The van der Waals surface area contributed by atoms with E-state index in [-0.39, 0.29) is 11.9 Å². The highest BCUT2D eigenvalue weighted by molar-refractivity contribution is 5.75. The van der Waals surface area contributed by atoms with Crippen LogP contribution in [0.5, 0.6) is 11.5 Å². The fourth-order valence-corrected chi connectivity index (χ4v) is 2.02. The predicted octanol–water partition coefficient (Wildman–Crippen LogP) is 4.45. The van der Waals surface area contributed by atoms with Gasteiger partial charge in [-0.2, -0.15) is 0 Å². The summed E-state index contributed by atoms with van der Waals surface area (Å²) in [7, 11) is 0. The van der Waals surface area contributed by atoms with Gasteiger partial charge in [-0.15, -0.1) is 0 Å². The minimum Gasteiger partial charge on any atom is -0.461 e. The molecule has 22 heavy (non-hydrogen) atoms. The highest BCUT2D eigenvalue weighted by atomic mass is 16.5. The number of para-hydroxylation sites is 1. The molecule has 0 N–H and O–H groups in total. The van der Waals surface area contributed by atoms with E-state index in [4.69, 9.17) is 9.47 Å². The van der Waals surface area contributed by atoms with E-state index in [1.54, 1.807) is 0 Å². The van der Waals surface area contributed by atoms with Crippen LogP contribution in [0.3, 0.4) is 0 Å². The Morgan fingerprint density at radius 2 is 1.68 bits per heavy atom. The third-order valence-electron chi connectivity index (χ3n) is 3.40. The summed E-state index contributed by atoms with van der Waals surface area (Å²) in [6, 6.07) is 17.5. The summed E-state index contributed by atoms with van der Waals surface area (Å²) < 4.78 is 10.9. The lowest BCUT2D eigenvalue weighted by Crippen LogP contribution is -2.05. The molecule has 3 heteroatoms. The number of hydrogen-bond donors (Lipinski definition) is 0. The molecule has 0 spiro atoms. The zero-order valence-corrected chi connectivity index (χ0v) is 12.3. The molecule has 0 unspecified atom stereocenters.